The summed E-state index contributed by atoms with van der Waals surface area (Å²) in [6, 6.07) is 13.8. The summed E-state index contributed by atoms with van der Waals surface area (Å²) in [6.07, 6.45) is 0.941. The Labute approximate surface area is 152 Å². The number of rotatable bonds is 5. The number of aryl methyl sites for hydroxylation is 1. The first-order valence-corrected chi connectivity index (χ1v) is 8.90. The van der Waals surface area contributed by atoms with Crippen LogP contribution in [-0.4, -0.2) is 12.5 Å². The van der Waals surface area contributed by atoms with Crippen molar-refractivity contribution in [3.63, 3.8) is 0 Å². The number of carbonyl (C=O) groups is 1. The Morgan fingerprint density at radius 1 is 1.17 bits per heavy atom. The van der Waals surface area contributed by atoms with E-state index in [-0.39, 0.29) is 17.9 Å². The number of nitrogens with one attached hydrogen (secondary N) is 1. The highest BCUT2D eigenvalue weighted by Gasteiger charge is 2.15. The second-order valence-electron chi connectivity index (χ2n) is 6.78. The van der Waals surface area contributed by atoms with Gasteiger partial charge in [0.25, 0.3) is 5.91 Å². The van der Waals surface area contributed by atoms with E-state index in [1.807, 2.05) is 42.5 Å². The quantitative estimate of drug-likeness (QED) is 0.750. The van der Waals surface area contributed by atoms with Crippen molar-refractivity contribution in [3.8, 4) is 5.75 Å². The molecule has 0 atom stereocenters. The van der Waals surface area contributed by atoms with Crippen LogP contribution in [0.1, 0.15) is 38.8 Å². The third kappa shape index (κ3) is 5.10. The van der Waals surface area contributed by atoms with E-state index in [9.17, 15) is 4.79 Å². The maximum absolute atomic E-state index is 12.1. The SMILES string of the molecule is CCc1cccc(OCC(=O)Nc2ccc(C(C)(C)C)cc2Br)c1. The molecule has 1 N–H and O–H groups in total. The lowest BCUT2D eigenvalue weighted by Gasteiger charge is -2.20. The summed E-state index contributed by atoms with van der Waals surface area (Å²) in [5.41, 5.74) is 3.21. The summed E-state index contributed by atoms with van der Waals surface area (Å²) in [7, 11) is 0. The average Bonchev–Trinajstić information content (AvgIpc) is 2.54. The van der Waals surface area contributed by atoms with Crippen LogP contribution in [0.3, 0.4) is 0 Å². The molecule has 0 aliphatic carbocycles. The van der Waals surface area contributed by atoms with Crippen molar-refractivity contribution < 1.29 is 9.53 Å². The van der Waals surface area contributed by atoms with Crippen molar-refractivity contribution in [1.29, 1.82) is 0 Å². The number of hydrogen-bond donors (Lipinski definition) is 1. The van der Waals surface area contributed by atoms with Crippen LogP contribution in [-0.2, 0) is 16.6 Å². The number of benzene rings is 2. The van der Waals surface area contributed by atoms with Crippen LogP contribution in [0.25, 0.3) is 0 Å². The zero-order chi connectivity index (χ0) is 17.7. The fourth-order valence-electron chi connectivity index (χ4n) is 2.27. The van der Waals surface area contributed by atoms with Crippen LogP contribution in [0.15, 0.2) is 46.9 Å². The number of carbonyl (C=O) groups excluding carboxylic acids is 1. The fraction of sp³-hybridized carbons (Fsp3) is 0.350. The highest BCUT2D eigenvalue weighted by Crippen LogP contribution is 2.30. The molecule has 2 rings (SSSR count). The largest absolute Gasteiger partial charge is 0.484 e. The minimum absolute atomic E-state index is 0.0133. The number of ether oxygens (including phenoxy) is 1. The van der Waals surface area contributed by atoms with Gasteiger partial charge in [-0.2, -0.15) is 0 Å². The smallest absolute Gasteiger partial charge is 0.262 e. The zero-order valence-corrected chi connectivity index (χ0v) is 16.2. The van der Waals surface area contributed by atoms with Gasteiger partial charge in [0.05, 0.1) is 5.69 Å². The van der Waals surface area contributed by atoms with Crippen molar-refractivity contribution in [2.24, 2.45) is 0 Å². The van der Waals surface area contributed by atoms with E-state index in [2.05, 4.69) is 48.9 Å². The van der Waals surface area contributed by atoms with E-state index < -0.39 is 0 Å². The van der Waals surface area contributed by atoms with Gasteiger partial charge in [-0.15, -0.1) is 0 Å². The maximum Gasteiger partial charge on any atom is 0.262 e. The molecule has 0 bridgehead atoms. The minimum Gasteiger partial charge on any atom is -0.484 e. The van der Waals surface area contributed by atoms with E-state index >= 15 is 0 Å². The Morgan fingerprint density at radius 3 is 2.54 bits per heavy atom. The topological polar surface area (TPSA) is 38.3 Å². The molecule has 0 saturated carbocycles. The third-order valence-electron chi connectivity index (χ3n) is 3.79. The Balaban J connectivity index is 1.97. The van der Waals surface area contributed by atoms with Crippen LogP contribution in [0.2, 0.25) is 0 Å². The van der Waals surface area contributed by atoms with Crippen molar-refractivity contribution in [2.45, 2.75) is 39.5 Å². The molecule has 1 amide bonds. The molecule has 0 unspecified atom stereocenters. The monoisotopic (exact) mass is 389 g/mol. The van der Waals surface area contributed by atoms with Crippen LogP contribution >= 0.6 is 15.9 Å². The predicted molar refractivity (Wildman–Crippen MR) is 103 cm³/mol. The normalized spacial score (nSPS) is 11.2. The van der Waals surface area contributed by atoms with Gasteiger partial charge in [-0.05, 0) is 63.2 Å². The molecule has 0 heterocycles. The molecule has 0 spiro atoms. The summed E-state index contributed by atoms with van der Waals surface area (Å²) < 4.78 is 6.44. The zero-order valence-electron chi connectivity index (χ0n) is 14.7. The van der Waals surface area contributed by atoms with Gasteiger partial charge >= 0.3 is 0 Å². The third-order valence-corrected chi connectivity index (χ3v) is 4.44. The number of anilines is 1. The van der Waals surface area contributed by atoms with Gasteiger partial charge in [-0.1, -0.05) is 45.9 Å². The average molecular weight is 390 g/mol. The first kappa shape index (κ1) is 18.5. The van der Waals surface area contributed by atoms with Crippen molar-refractivity contribution in [1.82, 2.24) is 0 Å². The van der Waals surface area contributed by atoms with Crippen LogP contribution in [0.5, 0.6) is 5.75 Å². The highest BCUT2D eigenvalue weighted by atomic mass is 79.9. The lowest BCUT2D eigenvalue weighted by atomic mass is 9.87. The van der Waals surface area contributed by atoms with E-state index in [0.717, 1.165) is 16.6 Å². The molecule has 0 fully saturated rings. The van der Waals surface area contributed by atoms with Gasteiger partial charge in [-0.3, -0.25) is 4.79 Å². The van der Waals surface area contributed by atoms with Gasteiger partial charge in [0.1, 0.15) is 5.75 Å². The van der Waals surface area contributed by atoms with Crippen LogP contribution in [0.4, 0.5) is 5.69 Å². The molecule has 3 nitrogen and oxygen atoms in total. The Morgan fingerprint density at radius 2 is 1.92 bits per heavy atom. The van der Waals surface area contributed by atoms with Crippen molar-refractivity contribution in [3.05, 3.63) is 58.1 Å². The van der Waals surface area contributed by atoms with Crippen molar-refractivity contribution >= 4 is 27.5 Å². The molecule has 0 aromatic heterocycles. The molecule has 0 radical (unpaired) electrons. The van der Waals surface area contributed by atoms with E-state index in [0.29, 0.717) is 5.75 Å². The van der Waals surface area contributed by atoms with Gasteiger partial charge < -0.3 is 10.1 Å². The predicted octanol–water partition coefficient (Wildman–Crippen LogP) is 5.33. The molecular weight excluding hydrogens is 366 g/mol. The van der Waals surface area contributed by atoms with E-state index in [1.165, 1.54) is 11.1 Å². The Bertz CT molecular complexity index is 720. The number of amides is 1. The molecule has 4 heteroatoms. The molecule has 128 valence electrons. The Hall–Kier alpha value is -1.81. The Kier molecular flexibility index (Phi) is 6.05. The molecule has 2 aromatic carbocycles. The lowest BCUT2D eigenvalue weighted by Crippen LogP contribution is -2.20. The first-order chi connectivity index (χ1) is 11.3. The first-order valence-electron chi connectivity index (χ1n) is 8.11. The van der Waals surface area contributed by atoms with Crippen LogP contribution < -0.4 is 10.1 Å². The van der Waals surface area contributed by atoms with E-state index in [4.69, 9.17) is 4.74 Å². The lowest BCUT2D eigenvalue weighted by molar-refractivity contribution is -0.118. The fourth-order valence-corrected chi connectivity index (χ4v) is 2.75. The summed E-state index contributed by atoms with van der Waals surface area (Å²) in [5.74, 6) is 0.535. The highest BCUT2D eigenvalue weighted by molar-refractivity contribution is 9.10. The second kappa shape index (κ2) is 7.84. The van der Waals surface area contributed by atoms with Gasteiger partial charge in [0.15, 0.2) is 6.61 Å². The minimum atomic E-state index is -0.180. The van der Waals surface area contributed by atoms with Gasteiger partial charge in [0.2, 0.25) is 0 Å². The molecule has 2 aromatic rings. The molecule has 0 aliphatic rings. The van der Waals surface area contributed by atoms with Crippen LogP contribution in [0, 0.1) is 0 Å². The molecule has 0 aliphatic heterocycles. The van der Waals surface area contributed by atoms with Gasteiger partial charge in [-0.25, -0.2) is 0 Å². The summed E-state index contributed by atoms with van der Waals surface area (Å²) in [4.78, 5) is 12.1. The second-order valence-corrected chi connectivity index (χ2v) is 7.64. The standard InChI is InChI=1S/C20H24BrNO2/c1-5-14-7-6-8-16(11-14)24-13-19(23)22-18-10-9-15(12-17(18)21)20(2,3)4/h6-12H,5,13H2,1-4H3,(H,22,23). The molecular formula is C20H24BrNO2. The summed E-state index contributed by atoms with van der Waals surface area (Å²) in [5, 5.41) is 2.88. The van der Waals surface area contributed by atoms with Gasteiger partial charge in [0, 0.05) is 4.47 Å². The van der Waals surface area contributed by atoms with E-state index in [1.54, 1.807) is 0 Å². The number of halogens is 1. The molecule has 0 saturated heterocycles. The molecule has 24 heavy (non-hydrogen) atoms. The van der Waals surface area contributed by atoms with Crippen molar-refractivity contribution in [2.75, 3.05) is 11.9 Å². The number of hydrogen-bond acceptors (Lipinski definition) is 2. The maximum atomic E-state index is 12.1. The summed E-state index contributed by atoms with van der Waals surface area (Å²) in [6.45, 7) is 8.55. The summed E-state index contributed by atoms with van der Waals surface area (Å²) >= 11 is 3.53.